The number of aliphatic hydroxyl groups excluding tert-OH is 1. The SMILES string of the molecule is CCOc1cc(CO)ccc1OCCc1ccnn1C. The third-order valence-corrected chi connectivity index (χ3v) is 3.03. The van der Waals surface area contributed by atoms with Gasteiger partial charge in [-0.05, 0) is 30.7 Å². The lowest BCUT2D eigenvalue weighted by molar-refractivity contribution is 0.269. The van der Waals surface area contributed by atoms with Gasteiger partial charge in [0.2, 0.25) is 0 Å². The average molecular weight is 276 g/mol. The average Bonchev–Trinajstić information content (AvgIpc) is 2.86. The van der Waals surface area contributed by atoms with E-state index in [1.54, 1.807) is 6.20 Å². The van der Waals surface area contributed by atoms with E-state index >= 15 is 0 Å². The van der Waals surface area contributed by atoms with E-state index in [2.05, 4.69) is 5.10 Å². The quantitative estimate of drug-likeness (QED) is 0.839. The van der Waals surface area contributed by atoms with Crippen molar-refractivity contribution in [3.8, 4) is 11.5 Å². The number of aryl methyl sites for hydroxylation is 1. The molecule has 0 saturated carbocycles. The molecule has 108 valence electrons. The minimum absolute atomic E-state index is 0.00459. The smallest absolute Gasteiger partial charge is 0.161 e. The van der Waals surface area contributed by atoms with Crippen LogP contribution in [0.3, 0.4) is 0 Å². The number of nitrogens with zero attached hydrogens (tertiary/aromatic N) is 2. The molecule has 1 aromatic heterocycles. The maximum Gasteiger partial charge on any atom is 0.161 e. The molecule has 0 radical (unpaired) electrons. The van der Waals surface area contributed by atoms with E-state index in [1.165, 1.54) is 0 Å². The normalized spacial score (nSPS) is 10.6. The fourth-order valence-electron chi connectivity index (χ4n) is 1.95. The molecule has 2 aromatic rings. The Morgan fingerprint density at radius 2 is 2.05 bits per heavy atom. The molecule has 0 bridgehead atoms. The Hall–Kier alpha value is -2.01. The predicted octanol–water partition coefficient (Wildman–Crippen LogP) is 1.93. The summed E-state index contributed by atoms with van der Waals surface area (Å²) in [5.41, 5.74) is 1.93. The van der Waals surface area contributed by atoms with Crippen molar-refractivity contribution in [2.75, 3.05) is 13.2 Å². The van der Waals surface area contributed by atoms with Gasteiger partial charge in [-0.25, -0.2) is 0 Å². The van der Waals surface area contributed by atoms with Crippen molar-refractivity contribution in [1.29, 1.82) is 0 Å². The maximum absolute atomic E-state index is 9.15. The Labute approximate surface area is 118 Å². The van der Waals surface area contributed by atoms with E-state index in [0.717, 1.165) is 17.7 Å². The molecule has 20 heavy (non-hydrogen) atoms. The zero-order valence-electron chi connectivity index (χ0n) is 11.9. The van der Waals surface area contributed by atoms with Gasteiger partial charge >= 0.3 is 0 Å². The van der Waals surface area contributed by atoms with Gasteiger partial charge in [0.1, 0.15) is 0 Å². The summed E-state index contributed by atoms with van der Waals surface area (Å²) in [6, 6.07) is 7.45. The first-order valence-corrected chi connectivity index (χ1v) is 6.71. The van der Waals surface area contributed by atoms with Crippen LogP contribution in [0, 0.1) is 0 Å². The van der Waals surface area contributed by atoms with Crippen molar-refractivity contribution >= 4 is 0 Å². The third-order valence-electron chi connectivity index (χ3n) is 3.03. The topological polar surface area (TPSA) is 56.5 Å². The highest BCUT2D eigenvalue weighted by atomic mass is 16.5. The van der Waals surface area contributed by atoms with Crippen LogP contribution in [0.2, 0.25) is 0 Å². The minimum Gasteiger partial charge on any atom is -0.490 e. The first kappa shape index (κ1) is 14.4. The highest BCUT2D eigenvalue weighted by Gasteiger charge is 2.07. The van der Waals surface area contributed by atoms with E-state index in [9.17, 15) is 0 Å². The van der Waals surface area contributed by atoms with E-state index in [1.807, 2.05) is 42.9 Å². The van der Waals surface area contributed by atoms with Crippen molar-refractivity contribution in [2.45, 2.75) is 20.0 Å². The van der Waals surface area contributed by atoms with Gasteiger partial charge in [0.05, 0.1) is 19.8 Å². The molecule has 0 amide bonds. The van der Waals surface area contributed by atoms with Crippen LogP contribution in [-0.4, -0.2) is 28.1 Å². The first-order valence-electron chi connectivity index (χ1n) is 6.71. The Morgan fingerprint density at radius 1 is 1.20 bits per heavy atom. The molecule has 5 nitrogen and oxygen atoms in total. The second-order valence-corrected chi connectivity index (χ2v) is 4.42. The lowest BCUT2D eigenvalue weighted by Gasteiger charge is -2.13. The predicted molar refractivity (Wildman–Crippen MR) is 75.9 cm³/mol. The van der Waals surface area contributed by atoms with E-state index in [4.69, 9.17) is 14.6 Å². The molecule has 2 rings (SSSR count). The van der Waals surface area contributed by atoms with Crippen LogP contribution in [0.15, 0.2) is 30.5 Å². The molecule has 0 aliphatic carbocycles. The number of hydrogen-bond donors (Lipinski definition) is 1. The zero-order valence-corrected chi connectivity index (χ0v) is 11.9. The van der Waals surface area contributed by atoms with Crippen LogP contribution < -0.4 is 9.47 Å². The largest absolute Gasteiger partial charge is 0.490 e. The van der Waals surface area contributed by atoms with Gasteiger partial charge < -0.3 is 14.6 Å². The van der Waals surface area contributed by atoms with E-state index < -0.39 is 0 Å². The Kier molecular flexibility index (Phi) is 5.01. The number of benzene rings is 1. The van der Waals surface area contributed by atoms with Crippen LogP contribution in [0.1, 0.15) is 18.2 Å². The van der Waals surface area contributed by atoms with Gasteiger partial charge in [-0.1, -0.05) is 6.07 Å². The molecule has 0 spiro atoms. The third kappa shape index (κ3) is 3.51. The van der Waals surface area contributed by atoms with Crippen LogP contribution in [-0.2, 0) is 20.1 Å². The molecule has 0 saturated heterocycles. The maximum atomic E-state index is 9.15. The second kappa shape index (κ2) is 6.96. The summed E-state index contributed by atoms with van der Waals surface area (Å²) in [4.78, 5) is 0. The Balaban J connectivity index is 1.99. The molecular formula is C15H20N2O3. The molecule has 5 heteroatoms. The number of hydrogen-bond acceptors (Lipinski definition) is 4. The number of rotatable bonds is 7. The summed E-state index contributed by atoms with van der Waals surface area (Å²) >= 11 is 0. The summed E-state index contributed by atoms with van der Waals surface area (Å²) < 4.78 is 13.1. The molecule has 0 aliphatic rings. The molecule has 1 aromatic carbocycles. The fraction of sp³-hybridized carbons (Fsp3) is 0.400. The van der Waals surface area contributed by atoms with Crippen LogP contribution in [0.4, 0.5) is 0 Å². The number of aromatic nitrogens is 2. The molecule has 0 aliphatic heterocycles. The minimum atomic E-state index is -0.00459. The van der Waals surface area contributed by atoms with Gasteiger partial charge in [0.25, 0.3) is 0 Å². The highest BCUT2D eigenvalue weighted by Crippen LogP contribution is 2.28. The van der Waals surface area contributed by atoms with Crippen molar-refractivity contribution in [1.82, 2.24) is 9.78 Å². The lowest BCUT2D eigenvalue weighted by atomic mass is 10.2. The van der Waals surface area contributed by atoms with Gasteiger partial charge in [0, 0.05) is 25.4 Å². The van der Waals surface area contributed by atoms with Crippen molar-refractivity contribution in [2.24, 2.45) is 7.05 Å². The standard InChI is InChI=1S/C15H20N2O3/c1-3-19-15-10-12(11-18)4-5-14(15)20-9-7-13-6-8-16-17(13)2/h4-6,8,10,18H,3,7,9,11H2,1-2H3. The Bertz CT molecular complexity index is 552. The summed E-state index contributed by atoms with van der Waals surface area (Å²) in [6.45, 7) is 3.03. The molecular weight excluding hydrogens is 256 g/mol. The fourth-order valence-corrected chi connectivity index (χ4v) is 1.95. The van der Waals surface area contributed by atoms with Crippen molar-refractivity contribution < 1.29 is 14.6 Å². The molecule has 0 fully saturated rings. The van der Waals surface area contributed by atoms with Gasteiger partial charge in [-0.2, -0.15) is 5.10 Å². The summed E-state index contributed by atoms with van der Waals surface area (Å²) in [7, 11) is 1.91. The van der Waals surface area contributed by atoms with Crippen LogP contribution in [0.25, 0.3) is 0 Å². The summed E-state index contributed by atoms with van der Waals surface area (Å²) in [6.07, 6.45) is 2.56. The second-order valence-electron chi connectivity index (χ2n) is 4.42. The van der Waals surface area contributed by atoms with Gasteiger partial charge in [-0.15, -0.1) is 0 Å². The number of aliphatic hydroxyl groups is 1. The summed E-state index contributed by atoms with van der Waals surface area (Å²) in [5.74, 6) is 1.37. The zero-order chi connectivity index (χ0) is 14.4. The van der Waals surface area contributed by atoms with Crippen LogP contribution in [0.5, 0.6) is 11.5 Å². The monoisotopic (exact) mass is 276 g/mol. The van der Waals surface area contributed by atoms with Crippen molar-refractivity contribution in [3.63, 3.8) is 0 Å². The summed E-state index contributed by atoms with van der Waals surface area (Å²) in [5, 5.41) is 13.3. The highest BCUT2D eigenvalue weighted by molar-refractivity contribution is 5.42. The van der Waals surface area contributed by atoms with Gasteiger partial charge in [0.15, 0.2) is 11.5 Å². The van der Waals surface area contributed by atoms with E-state index in [-0.39, 0.29) is 6.61 Å². The molecule has 1 N–H and O–H groups in total. The lowest BCUT2D eigenvalue weighted by Crippen LogP contribution is -2.07. The molecule has 1 heterocycles. The number of ether oxygens (including phenoxy) is 2. The first-order chi connectivity index (χ1) is 9.74. The van der Waals surface area contributed by atoms with Gasteiger partial charge in [-0.3, -0.25) is 4.68 Å². The Morgan fingerprint density at radius 3 is 2.70 bits per heavy atom. The molecule has 0 atom stereocenters. The van der Waals surface area contributed by atoms with E-state index in [0.29, 0.717) is 24.7 Å². The van der Waals surface area contributed by atoms with Crippen LogP contribution >= 0.6 is 0 Å². The van der Waals surface area contributed by atoms with Crippen molar-refractivity contribution in [3.05, 3.63) is 41.7 Å². The molecule has 0 unspecified atom stereocenters.